The number of nitrogens with one attached hydrogen (secondary N) is 1. The number of likely N-dealkylation sites (N-methyl/N-ethyl adjacent to an activating group) is 1. The molecule has 2 unspecified atom stereocenters. The number of nitrogens with zero attached hydrogens (tertiary/aromatic N) is 3. The van der Waals surface area contributed by atoms with Gasteiger partial charge < -0.3 is 29.7 Å². The Morgan fingerprint density at radius 3 is 2.25 bits per heavy atom. The van der Waals surface area contributed by atoms with Crippen LogP contribution in [0.1, 0.15) is 54.0 Å². The molecule has 0 saturated carbocycles. The predicted octanol–water partition coefficient (Wildman–Crippen LogP) is 6.24. The zero-order valence-electron chi connectivity index (χ0n) is 29.1. The summed E-state index contributed by atoms with van der Waals surface area (Å²) in [5, 5.41) is 13.9. The summed E-state index contributed by atoms with van der Waals surface area (Å²) < 4.78 is 12.1. The van der Waals surface area contributed by atoms with E-state index in [1.165, 1.54) is 48.0 Å². The summed E-state index contributed by atoms with van der Waals surface area (Å²) in [5.74, 6) is -2.26. The van der Waals surface area contributed by atoms with Gasteiger partial charge in [-0.3, -0.25) is 19.3 Å². The first kappa shape index (κ1) is 36.8. The molecule has 2 N–H and O–H groups in total. The van der Waals surface area contributed by atoms with Gasteiger partial charge in [0.25, 0.3) is 11.8 Å². The summed E-state index contributed by atoms with van der Waals surface area (Å²) in [6.07, 6.45) is -0.720. The third kappa shape index (κ3) is 7.99. The minimum absolute atomic E-state index is 0.00784. The second-order valence-electron chi connectivity index (χ2n) is 13.2. The molecule has 0 aliphatic carbocycles. The molecular weight excluding hydrogens is 720 g/mol. The maximum Gasteiger partial charge on any atom is 0.410 e. The first-order valence-electron chi connectivity index (χ1n) is 16.2. The zero-order valence-corrected chi connectivity index (χ0v) is 30.7. The number of benzene rings is 4. The number of carbonyl (C=O) groups is 5. The minimum Gasteiger partial charge on any atom is -0.496 e. The highest BCUT2D eigenvalue weighted by molar-refractivity contribution is 9.10. The summed E-state index contributed by atoms with van der Waals surface area (Å²) in [4.78, 5) is 71.1. The number of amides is 4. The van der Waals surface area contributed by atoms with E-state index in [0.29, 0.717) is 22.7 Å². The summed E-state index contributed by atoms with van der Waals surface area (Å²) in [6.45, 7) is 6.41. The third-order valence-corrected chi connectivity index (χ3v) is 9.05. The number of carboxylic acids is 1. The molecule has 0 aromatic heterocycles. The van der Waals surface area contributed by atoms with Gasteiger partial charge in [0, 0.05) is 22.6 Å². The lowest BCUT2D eigenvalue weighted by atomic mass is 10.0. The van der Waals surface area contributed by atoms with Crippen LogP contribution in [-0.4, -0.2) is 78.2 Å². The van der Waals surface area contributed by atoms with E-state index in [1.807, 2.05) is 30.3 Å². The summed E-state index contributed by atoms with van der Waals surface area (Å²) in [7, 11) is 2.97. The number of halogens is 1. The Bertz CT molecular complexity index is 2010. The molecule has 0 fully saturated rings. The van der Waals surface area contributed by atoms with Crippen molar-refractivity contribution in [3.8, 4) is 5.75 Å². The fourth-order valence-corrected chi connectivity index (χ4v) is 6.16. The van der Waals surface area contributed by atoms with Gasteiger partial charge in [0.2, 0.25) is 5.91 Å². The van der Waals surface area contributed by atoms with E-state index in [-0.39, 0.29) is 24.2 Å². The van der Waals surface area contributed by atoms with E-state index in [0.717, 1.165) is 20.1 Å². The van der Waals surface area contributed by atoms with Crippen LogP contribution in [0.4, 0.5) is 16.2 Å². The van der Waals surface area contributed by atoms with Crippen molar-refractivity contribution in [2.24, 2.45) is 0 Å². The molecular formula is C38H39BrN4O8. The van der Waals surface area contributed by atoms with Gasteiger partial charge in [0.15, 0.2) is 0 Å². The fraction of sp³-hybridized carbons (Fsp3) is 0.289. The van der Waals surface area contributed by atoms with Crippen LogP contribution in [0.2, 0.25) is 0 Å². The molecule has 4 aromatic carbocycles. The molecule has 51 heavy (non-hydrogen) atoms. The lowest BCUT2D eigenvalue weighted by Crippen LogP contribution is -2.57. The number of ether oxygens (including phenoxy) is 2. The number of hydrogen-bond donors (Lipinski definition) is 2. The zero-order chi connectivity index (χ0) is 37.2. The Morgan fingerprint density at radius 2 is 1.63 bits per heavy atom. The number of carboxylic acid groups (broad SMARTS) is 1. The van der Waals surface area contributed by atoms with Crippen LogP contribution >= 0.6 is 15.9 Å². The summed E-state index contributed by atoms with van der Waals surface area (Å²) >= 11 is 3.52. The first-order chi connectivity index (χ1) is 24.1. The molecule has 0 bridgehead atoms. The predicted molar refractivity (Wildman–Crippen MR) is 196 cm³/mol. The molecule has 13 heteroatoms. The molecule has 1 heterocycles. The Hall–Kier alpha value is -5.43. The van der Waals surface area contributed by atoms with Crippen molar-refractivity contribution in [2.75, 3.05) is 30.5 Å². The van der Waals surface area contributed by atoms with E-state index in [4.69, 9.17) is 9.47 Å². The van der Waals surface area contributed by atoms with Gasteiger partial charge in [-0.15, -0.1) is 0 Å². The number of rotatable bonds is 8. The van der Waals surface area contributed by atoms with Crippen molar-refractivity contribution in [3.63, 3.8) is 0 Å². The van der Waals surface area contributed by atoms with Crippen LogP contribution in [0.3, 0.4) is 0 Å². The lowest BCUT2D eigenvalue weighted by molar-refractivity contribution is -0.130. The molecule has 1 aliphatic rings. The highest BCUT2D eigenvalue weighted by Crippen LogP contribution is 2.38. The molecule has 4 amide bonds. The standard InChI is InChI=1S/C38H39BrN4O8/c1-22(41(5)37(49)51-38(2,3)4)33(44)40-29-21-43(34(45)23-11-13-24(14-12-23)36(47)48)31-10-8-7-9-30(31)42(35(29)46)20-28-27-17-16-26(39)19-25(27)15-18-32(28)50-6/h7-19,22,29H,20-21H2,1-6H3,(H,40,44)(H,47,48). The van der Waals surface area contributed by atoms with E-state index >= 15 is 0 Å². The number of anilines is 2. The van der Waals surface area contributed by atoms with Crippen LogP contribution in [0.25, 0.3) is 10.8 Å². The van der Waals surface area contributed by atoms with Crippen molar-refractivity contribution in [1.82, 2.24) is 10.2 Å². The molecule has 4 aromatic rings. The van der Waals surface area contributed by atoms with Gasteiger partial charge in [-0.05, 0) is 93.1 Å². The number of para-hydroxylation sites is 2. The molecule has 0 saturated heterocycles. The van der Waals surface area contributed by atoms with E-state index in [1.54, 1.807) is 52.1 Å². The average molecular weight is 760 g/mol. The SMILES string of the molecule is COc1ccc2cc(Br)ccc2c1CN1C(=O)C(NC(=O)C(C)N(C)C(=O)OC(C)(C)C)CN(C(=O)c2ccc(C(=O)O)cc2)c2ccccc21. The molecule has 1 aliphatic heterocycles. The van der Waals surface area contributed by atoms with Crippen molar-refractivity contribution < 1.29 is 38.6 Å². The van der Waals surface area contributed by atoms with E-state index < -0.39 is 47.5 Å². The minimum atomic E-state index is -1.27. The Kier molecular flexibility index (Phi) is 10.7. The van der Waals surface area contributed by atoms with E-state index in [2.05, 4.69) is 21.2 Å². The number of methoxy groups -OCH3 is 1. The average Bonchev–Trinajstić information content (AvgIpc) is 3.20. The number of fused-ring (bicyclic) bond motifs is 2. The molecule has 266 valence electrons. The van der Waals surface area contributed by atoms with Crippen molar-refractivity contribution >= 4 is 67.9 Å². The largest absolute Gasteiger partial charge is 0.496 e. The smallest absolute Gasteiger partial charge is 0.410 e. The Balaban J connectivity index is 1.59. The first-order valence-corrected chi connectivity index (χ1v) is 17.0. The maximum absolute atomic E-state index is 14.7. The van der Waals surface area contributed by atoms with Crippen LogP contribution in [0.15, 0.2) is 83.3 Å². The quantitative estimate of drug-likeness (QED) is 0.215. The summed E-state index contributed by atoms with van der Waals surface area (Å²) in [5.41, 5.74) is 0.903. The van der Waals surface area contributed by atoms with Gasteiger partial charge >= 0.3 is 12.1 Å². The van der Waals surface area contributed by atoms with Gasteiger partial charge in [-0.25, -0.2) is 9.59 Å². The van der Waals surface area contributed by atoms with Crippen molar-refractivity contribution in [3.05, 3.63) is 100 Å². The van der Waals surface area contributed by atoms with Crippen molar-refractivity contribution in [2.45, 2.75) is 51.9 Å². The highest BCUT2D eigenvalue weighted by atomic mass is 79.9. The lowest BCUT2D eigenvalue weighted by Gasteiger charge is -2.30. The monoisotopic (exact) mass is 758 g/mol. The van der Waals surface area contributed by atoms with Gasteiger partial charge in [-0.2, -0.15) is 0 Å². The Labute approximate surface area is 304 Å². The van der Waals surface area contributed by atoms with E-state index in [9.17, 15) is 29.1 Å². The third-order valence-electron chi connectivity index (χ3n) is 8.56. The summed E-state index contributed by atoms with van der Waals surface area (Å²) in [6, 6.07) is 19.6. The maximum atomic E-state index is 14.7. The second kappa shape index (κ2) is 14.8. The van der Waals surface area contributed by atoms with Crippen LogP contribution in [0.5, 0.6) is 5.75 Å². The van der Waals surface area contributed by atoms with Crippen LogP contribution < -0.4 is 19.9 Å². The number of aromatic carboxylic acids is 1. The molecule has 12 nitrogen and oxygen atoms in total. The number of hydrogen-bond acceptors (Lipinski definition) is 7. The molecule has 2 atom stereocenters. The van der Waals surface area contributed by atoms with Crippen LogP contribution in [0, 0.1) is 0 Å². The topological polar surface area (TPSA) is 146 Å². The van der Waals surface area contributed by atoms with Crippen molar-refractivity contribution in [1.29, 1.82) is 0 Å². The molecule has 5 rings (SSSR count). The second-order valence-corrected chi connectivity index (χ2v) is 14.1. The van der Waals surface area contributed by atoms with Gasteiger partial charge in [0.1, 0.15) is 23.4 Å². The number of carbonyl (C=O) groups excluding carboxylic acids is 4. The molecule has 0 spiro atoms. The normalized spacial score (nSPS) is 15.0. The fourth-order valence-electron chi connectivity index (χ4n) is 5.78. The Morgan fingerprint density at radius 1 is 0.980 bits per heavy atom. The van der Waals surface area contributed by atoms with Gasteiger partial charge in [-0.1, -0.05) is 40.2 Å². The molecule has 0 radical (unpaired) electrons. The highest BCUT2D eigenvalue weighted by Gasteiger charge is 2.39. The van der Waals surface area contributed by atoms with Gasteiger partial charge in [0.05, 0.1) is 37.1 Å². The van der Waals surface area contributed by atoms with Crippen LogP contribution in [-0.2, 0) is 20.9 Å².